The van der Waals surface area contributed by atoms with Gasteiger partial charge in [-0.1, -0.05) is 19.9 Å². The Labute approximate surface area is 187 Å². The molecule has 0 aliphatic heterocycles. The number of hydrogen-bond donors (Lipinski definition) is 2. The van der Waals surface area contributed by atoms with E-state index < -0.39 is 23.9 Å². The predicted molar refractivity (Wildman–Crippen MR) is 118 cm³/mol. The first-order chi connectivity index (χ1) is 15.3. The van der Waals surface area contributed by atoms with Crippen molar-refractivity contribution in [3.63, 3.8) is 0 Å². The average molecular weight is 438 g/mol. The molecule has 0 fully saturated rings. The molecule has 2 rings (SSSR count). The molecule has 0 aliphatic rings. The van der Waals surface area contributed by atoms with Crippen molar-refractivity contribution in [1.29, 1.82) is 5.26 Å². The Morgan fingerprint density at radius 2 is 1.88 bits per heavy atom. The van der Waals surface area contributed by atoms with Crippen LogP contribution in [0.3, 0.4) is 0 Å². The normalized spacial score (nSPS) is 11.2. The van der Waals surface area contributed by atoms with E-state index in [1.54, 1.807) is 24.5 Å². The number of nitrogens with zero attached hydrogens (tertiary/aromatic N) is 3. The lowest BCUT2D eigenvalue weighted by Crippen LogP contribution is -2.46. The minimum Gasteiger partial charge on any atom is -0.449 e. The van der Waals surface area contributed by atoms with Crippen LogP contribution in [0.15, 0.2) is 48.7 Å². The number of aromatic nitrogens is 1. The predicted octanol–water partition coefficient (Wildman–Crippen LogP) is 2.96. The van der Waals surface area contributed by atoms with Crippen LogP contribution in [0.25, 0.3) is 0 Å². The van der Waals surface area contributed by atoms with Gasteiger partial charge >= 0.3 is 6.09 Å². The molecule has 1 aromatic heterocycles. The molecular formula is C23H27N5O4. The number of likely N-dealkylation sites (N-methyl/N-ethyl adjacent to an activating group) is 1. The number of rotatable bonds is 9. The van der Waals surface area contributed by atoms with Crippen molar-refractivity contribution in [3.8, 4) is 6.19 Å². The van der Waals surface area contributed by atoms with E-state index in [4.69, 9.17) is 10.00 Å². The van der Waals surface area contributed by atoms with Gasteiger partial charge in [0.2, 0.25) is 0 Å². The Balaban J connectivity index is 1.89. The Hall–Kier alpha value is -3.93. The van der Waals surface area contributed by atoms with Gasteiger partial charge in [0.25, 0.3) is 11.8 Å². The first-order valence-corrected chi connectivity index (χ1v) is 10.2. The van der Waals surface area contributed by atoms with Crippen molar-refractivity contribution >= 4 is 23.6 Å². The summed E-state index contributed by atoms with van der Waals surface area (Å²) in [5.74, 6) is -0.771. The van der Waals surface area contributed by atoms with E-state index >= 15 is 0 Å². The Morgan fingerprint density at radius 3 is 2.47 bits per heavy atom. The number of nitriles is 1. The smallest absolute Gasteiger partial charge is 0.411 e. The molecule has 32 heavy (non-hydrogen) atoms. The summed E-state index contributed by atoms with van der Waals surface area (Å²) in [7, 11) is 1.36. The van der Waals surface area contributed by atoms with Gasteiger partial charge in [-0.05, 0) is 48.7 Å². The van der Waals surface area contributed by atoms with Crippen LogP contribution < -0.4 is 10.6 Å². The number of amides is 3. The first kappa shape index (κ1) is 24.3. The van der Waals surface area contributed by atoms with E-state index in [-0.39, 0.29) is 12.5 Å². The van der Waals surface area contributed by atoms with Gasteiger partial charge in [0.15, 0.2) is 6.19 Å². The maximum Gasteiger partial charge on any atom is 0.411 e. The summed E-state index contributed by atoms with van der Waals surface area (Å²) in [5.41, 5.74) is 1.61. The highest BCUT2D eigenvalue weighted by Crippen LogP contribution is 2.12. The molecule has 2 N–H and O–H groups in total. The van der Waals surface area contributed by atoms with Crippen LogP contribution in [0.2, 0.25) is 0 Å². The fourth-order valence-electron chi connectivity index (χ4n) is 2.87. The van der Waals surface area contributed by atoms with Gasteiger partial charge in [-0.25, -0.2) is 4.79 Å². The molecule has 0 radical (unpaired) electrons. The molecular weight excluding hydrogens is 410 g/mol. The highest BCUT2D eigenvalue weighted by Gasteiger charge is 2.25. The number of carbonyl (C=O) groups excluding carboxylic acids is 3. The second-order valence-electron chi connectivity index (χ2n) is 7.56. The van der Waals surface area contributed by atoms with Crippen LogP contribution in [0.5, 0.6) is 0 Å². The van der Waals surface area contributed by atoms with Crippen molar-refractivity contribution in [1.82, 2.24) is 15.2 Å². The maximum absolute atomic E-state index is 12.6. The van der Waals surface area contributed by atoms with Crippen molar-refractivity contribution in [2.45, 2.75) is 32.7 Å². The molecule has 0 aliphatic carbocycles. The second kappa shape index (κ2) is 12.1. The number of pyridine rings is 1. The topological polar surface area (TPSA) is 124 Å². The van der Waals surface area contributed by atoms with Crippen LogP contribution in [0.1, 0.15) is 36.3 Å². The van der Waals surface area contributed by atoms with Gasteiger partial charge in [0.05, 0.1) is 6.61 Å². The highest BCUT2D eigenvalue weighted by atomic mass is 16.5. The number of carbonyl (C=O) groups is 3. The third-order valence-electron chi connectivity index (χ3n) is 4.50. The molecule has 0 bridgehead atoms. The molecule has 0 spiro atoms. The van der Waals surface area contributed by atoms with Crippen LogP contribution in [0.4, 0.5) is 10.5 Å². The monoisotopic (exact) mass is 437 g/mol. The summed E-state index contributed by atoms with van der Waals surface area (Å²) in [6.45, 7) is 4.04. The largest absolute Gasteiger partial charge is 0.449 e. The minimum absolute atomic E-state index is 0.145. The SMILES string of the molecule is CC(C)CC(NC(=O)c1ccc(NC(=O)OCCc2ccccn2)cc1)C(=O)N(C)C#N. The molecule has 168 valence electrons. The van der Waals surface area contributed by atoms with Crippen LogP contribution in [-0.4, -0.2) is 47.5 Å². The molecule has 9 nitrogen and oxygen atoms in total. The molecule has 0 saturated heterocycles. The number of anilines is 1. The van der Waals surface area contributed by atoms with Gasteiger partial charge in [-0.15, -0.1) is 0 Å². The molecule has 3 amide bonds. The lowest BCUT2D eigenvalue weighted by molar-refractivity contribution is -0.129. The molecule has 1 aromatic carbocycles. The zero-order valence-electron chi connectivity index (χ0n) is 18.4. The van der Waals surface area contributed by atoms with E-state index in [0.29, 0.717) is 24.1 Å². The molecule has 0 saturated carbocycles. The number of ether oxygens (including phenoxy) is 1. The lowest BCUT2D eigenvalue weighted by atomic mass is 10.0. The fourth-order valence-corrected chi connectivity index (χ4v) is 2.87. The molecule has 9 heteroatoms. The third-order valence-corrected chi connectivity index (χ3v) is 4.50. The van der Waals surface area contributed by atoms with Crippen LogP contribution >= 0.6 is 0 Å². The molecule has 1 heterocycles. The second-order valence-corrected chi connectivity index (χ2v) is 7.56. The summed E-state index contributed by atoms with van der Waals surface area (Å²) in [5, 5.41) is 14.2. The Morgan fingerprint density at radius 1 is 1.16 bits per heavy atom. The quantitative estimate of drug-likeness (QED) is 0.459. The molecule has 1 unspecified atom stereocenters. The van der Waals surface area contributed by atoms with Crippen molar-refractivity contribution < 1.29 is 19.1 Å². The zero-order valence-corrected chi connectivity index (χ0v) is 18.4. The van der Waals surface area contributed by atoms with E-state index in [2.05, 4.69) is 15.6 Å². The summed E-state index contributed by atoms with van der Waals surface area (Å²) in [6.07, 6.45) is 3.73. The fraction of sp³-hybridized carbons (Fsp3) is 0.348. The van der Waals surface area contributed by atoms with Gasteiger partial charge in [0.1, 0.15) is 6.04 Å². The van der Waals surface area contributed by atoms with Crippen molar-refractivity contribution in [2.24, 2.45) is 5.92 Å². The maximum atomic E-state index is 12.6. The average Bonchev–Trinajstić information content (AvgIpc) is 2.78. The summed E-state index contributed by atoms with van der Waals surface area (Å²) in [6, 6.07) is 10.9. The zero-order chi connectivity index (χ0) is 23.5. The Kier molecular flexibility index (Phi) is 9.17. The first-order valence-electron chi connectivity index (χ1n) is 10.2. The summed E-state index contributed by atoms with van der Waals surface area (Å²) in [4.78, 5) is 41.9. The van der Waals surface area contributed by atoms with Gasteiger partial charge < -0.3 is 10.1 Å². The number of hydrogen-bond acceptors (Lipinski definition) is 6. The van der Waals surface area contributed by atoms with E-state index in [9.17, 15) is 14.4 Å². The van der Waals surface area contributed by atoms with Crippen molar-refractivity contribution in [3.05, 3.63) is 59.9 Å². The summed E-state index contributed by atoms with van der Waals surface area (Å²) < 4.78 is 5.14. The minimum atomic E-state index is -0.806. The van der Waals surface area contributed by atoms with Crippen LogP contribution in [0, 0.1) is 17.4 Å². The number of benzene rings is 1. The summed E-state index contributed by atoms with van der Waals surface area (Å²) >= 11 is 0. The number of nitrogens with one attached hydrogen (secondary N) is 2. The van der Waals surface area contributed by atoms with E-state index in [1.165, 1.54) is 19.2 Å². The lowest BCUT2D eigenvalue weighted by Gasteiger charge is -2.21. The van der Waals surface area contributed by atoms with Crippen molar-refractivity contribution in [2.75, 3.05) is 19.0 Å². The van der Waals surface area contributed by atoms with E-state index in [0.717, 1.165) is 10.6 Å². The third kappa shape index (κ3) is 7.72. The molecule has 2 aromatic rings. The van der Waals surface area contributed by atoms with E-state index in [1.807, 2.05) is 32.0 Å². The van der Waals surface area contributed by atoms with Gasteiger partial charge in [0, 0.05) is 36.6 Å². The van der Waals surface area contributed by atoms with Gasteiger partial charge in [-0.2, -0.15) is 5.26 Å². The highest BCUT2D eigenvalue weighted by molar-refractivity contribution is 5.98. The van der Waals surface area contributed by atoms with Crippen LogP contribution in [-0.2, 0) is 16.0 Å². The molecule has 1 atom stereocenters. The Bertz CT molecular complexity index is 955. The standard InChI is InChI=1S/C23H27N5O4/c1-16(2)14-20(22(30)28(3)15-24)27-21(29)17-7-9-19(10-8-17)26-23(31)32-13-11-18-6-4-5-12-25-18/h4-10,12,16,20H,11,13-14H2,1-3H3,(H,26,31)(H,27,29). The van der Waals surface area contributed by atoms with Gasteiger partial charge in [-0.3, -0.25) is 24.8 Å².